The lowest BCUT2D eigenvalue weighted by Crippen LogP contribution is -2.40. The Morgan fingerprint density at radius 1 is 1.04 bits per heavy atom. The number of hydrogen-bond donors (Lipinski definition) is 0. The van der Waals surface area contributed by atoms with Gasteiger partial charge in [-0.15, -0.1) is 0 Å². The van der Waals surface area contributed by atoms with Crippen molar-refractivity contribution in [2.75, 3.05) is 50.0 Å². The third-order valence-electron chi connectivity index (χ3n) is 5.15. The second-order valence-corrected chi connectivity index (χ2v) is 9.69. The van der Waals surface area contributed by atoms with Gasteiger partial charge in [-0.2, -0.15) is 0 Å². The predicted octanol–water partition coefficient (Wildman–Crippen LogP) is 2.87. The SMILES string of the molecule is Cc1ccc(N2C(=O)c3cc(N(C)C)ccc3[P@@]2(=O)N2CCOCC2)cc1. The fourth-order valence-electron chi connectivity index (χ4n) is 3.64. The van der Waals surface area contributed by atoms with E-state index in [-0.39, 0.29) is 5.91 Å². The number of ether oxygens (including phenoxy) is 1. The zero-order valence-electron chi connectivity index (χ0n) is 15.9. The molecule has 4 rings (SSSR count). The third kappa shape index (κ3) is 2.89. The lowest BCUT2D eigenvalue weighted by atomic mass is 10.1. The van der Waals surface area contributed by atoms with Crippen LogP contribution in [0.1, 0.15) is 15.9 Å². The maximum absolute atomic E-state index is 14.5. The number of rotatable bonds is 3. The van der Waals surface area contributed by atoms with E-state index in [2.05, 4.69) is 0 Å². The summed E-state index contributed by atoms with van der Waals surface area (Å²) in [6, 6.07) is 13.3. The van der Waals surface area contributed by atoms with Crippen molar-refractivity contribution < 1.29 is 14.1 Å². The molecule has 7 heteroatoms. The Kier molecular flexibility index (Phi) is 4.58. The highest BCUT2D eigenvalue weighted by molar-refractivity contribution is 7.73. The van der Waals surface area contributed by atoms with Gasteiger partial charge in [-0.05, 0) is 37.3 Å². The van der Waals surface area contributed by atoms with Crippen LogP contribution in [0.15, 0.2) is 42.5 Å². The van der Waals surface area contributed by atoms with E-state index in [1.165, 1.54) is 4.67 Å². The highest BCUT2D eigenvalue weighted by Crippen LogP contribution is 2.59. The second-order valence-electron chi connectivity index (χ2n) is 7.16. The molecule has 1 amide bonds. The lowest BCUT2D eigenvalue weighted by Gasteiger charge is -2.37. The van der Waals surface area contributed by atoms with Crippen molar-refractivity contribution in [3.8, 4) is 0 Å². The van der Waals surface area contributed by atoms with Gasteiger partial charge in [0.2, 0.25) is 0 Å². The van der Waals surface area contributed by atoms with Gasteiger partial charge in [0.1, 0.15) is 0 Å². The molecule has 0 spiro atoms. The number of carbonyl (C=O) groups excluding carboxylic acids is 1. The van der Waals surface area contributed by atoms with Crippen molar-refractivity contribution >= 4 is 30.0 Å². The Hall–Kier alpha value is -2.14. The average molecular weight is 385 g/mol. The van der Waals surface area contributed by atoms with Crippen LogP contribution in [-0.2, 0) is 9.30 Å². The molecule has 2 aliphatic heterocycles. The van der Waals surface area contributed by atoms with Crippen LogP contribution >= 0.6 is 7.44 Å². The minimum Gasteiger partial charge on any atom is -0.379 e. The standard InChI is InChI=1S/C20H24N3O3P/c1-15-4-6-16(7-5-15)23-20(24)18-14-17(21(2)3)8-9-19(18)27(23,25)22-10-12-26-13-11-22/h4-9,14H,10-13H2,1-3H3/t27-/m1/s1. The van der Waals surface area contributed by atoms with Crippen molar-refractivity contribution in [3.63, 3.8) is 0 Å². The molecule has 0 aliphatic carbocycles. The molecular formula is C20H24N3O3P. The molecule has 142 valence electrons. The molecule has 1 fully saturated rings. The number of amides is 1. The molecule has 2 aliphatic rings. The van der Waals surface area contributed by atoms with E-state index in [0.29, 0.717) is 42.9 Å². The molecule has 2 heterocycles. The lowest BCUT2D eigenvalue weighted by molar-refractivity contribution is 0.0723. The summed E-state index contributed by atoms with van der Waals surface area (Å²) in [6.07, 6.45) is 0. The van der Waals surface area contributed by atoms with Crippen molar-refractivity contribution in [1.82, 2.24) is 4.67 Å². The van der Waals surface area contributed by atoms with Crippen LogP contribution in [0.4, 0.5) is 11.4 Å². The summed E-state index contributed by atoms with van der Waals surface area (Å²) < 4.78 is 23.4. The molecule has 27 heavy (non-hydrogen) atoms. The van der Waals surface area contributed by atoms with Crippen molar-refractivity contribution in [1.29, 1.82) is 0 Å². The summed E-state index contributed by atoms with van der Waals surface area (Å²) >= 11 is 0. The summed E-state index contributed by atoms with van der Waals surface area (Å²) in [5.41, 5.74) is 3.21. The van der Waals surface area contributed by atoms with Crippen LogP contribution in [0.3, 0.4) is 0 Å². The quantitative estimate of drug-likeness (QED) is 0.761. The molecule has 0 unspecified atom stereocenters. The van der Waals surface area contributed by atoms with Crippen LogP contribution in [0.5, 0.6) is 0 Å². The maximum Gasteiger partial charge on any atom is 0.276 e. The summed E-state index contributed by atoms with van der Waals surface area (Å²) in [5.74, 6) is -0.202. The second kappa shape index (κ2) is 6.79. The summed E-state index contributed by atoms with van der Waals surface area (Å²) in [5, 5.41) is 0.626. The largest absolute Gasteiger partial charge is 0.379 e. The molecule has 0 bridgehead atoms. The molecule has 1 saturated heterocycles. The van der Waals surface area contributed by atoms with Gasteiger partial charge in [0, 0.05) is 32.9 Å². The van der Waals surface area contributed by atoms with Crippen LogP contribution in [0.25, 0.3) is 0 Å². The third-order valence-corrected chi connectivity index (χ3v) is 8.29. The van der Waals surface area contributed by atoms with Crippen molar-refractivity contribution in [3.05, 3.63) is 53.6 Å². The van der Waals surface area contributed by atoms with Gasteiger partial charge >= 0.3 is 0 Å². The predicted molar refractivity (Wildman–Crippen MR) is 108 cm³/mol. The first-order valence-corrected chi connectivity index (χ1v) is 10.7. The Morgan fingerprint density at radius 2 is 1.70 bits per heavy atom. The van der Waals surface area contributed by atoms with Gasteiger partial charge in [0.25, 0.3) is 13.4 Å². The minimum absolute atomic E-state index is 0.202. The zero-order valence-corrected chi connectivity index (χ0v) is 16.8. The first-order valence-electron chi connectivity index (χ1n) is 9.09. The number of carbonyl (C=O) groups is 1. The first kappa shape index (κ1) is 18.2. The van der Waals surface area contributed by atoms with E-state index >= 15 is 0 Å². The number of anilines is 2. The average Bonchev–Trinajstić information content (AvgIpc) is 2.91. The van der Waals surface area contributed by atoms with Gasteiger partial charge < -0.3 is 9.64 Å². The normalized spacial score (nSPS) is 22.8. The monoisotopic (exact) mass is 385 g/mol. The van der Waals surface area contributed by atoms with E-state index in [1.807, 2.05) is 73.1 Å². The van der Waals surface area contributed by atoms with E-state index in [4.69, 9.17) is 4.74 Å². The smallest absolute Gasteiger partial charge is 0.276 e. The molecule has 2 aromatic rings. The number of hydrogen-bond acceptors (Lipinski definition) is 4. The highest BCUT2D eigenvalue weighted by Gasteiger charge is 2.51. The maximum atomic E-state index is 14.5. The van der Waals surface area contributed by atoms with E-state index in [0.717, 1.165) is 11.3 Å². The minimum atomic E-state index is -3.27. The van der Waals surface area contributed by atoms with Gasteiger partial charge in [-0.25, -0.2) is 9.34 Å². The Morgan fingerprint density at radius 3 is 2.33 bits per heavy atom. The number of morpholine rings is 1. The van der Waals surface area contributed by atoms with E-state index in [9.17, 15) is 9.36 Å². The van der Waals surface area contributed by atoms with Gasteiger partial charge in [0.15, 0.2) is 0 Å². The van der Waals surface area contributed by atoms with Gasteiger partial charge in [-0.1, -0.05) is 17.7 Å². The molecule has 0 saturated carbocycles. The van der Waals surface area contributed by atoms with Crippen LogP contribution < -0.4 is 14.9 Å². The molecule has 6 nitrogen and oxygen atoms in total. The van der Waals surface area contributed by atoms with Crippen molar-refractivity contribution in [2.24, 2.45) is 0 Å². The van der Waals surface area contributed by atoms with Crippen LogP contribution in [-0.4, -0.2) is 51.0 Å². The molecular weight excluding hydrogens is 361 g/mol. The molecule has 2 aromatic carbocycles. The summed E-state index contributed by atoms with van der Waals surface area (Å²) in [7, 11) is 0.592. The van der Waals surface area contributed by atoms with E-state index in [1.54, 1.807) is 0 Å². The molecule has 0 radical (unpaired) electrons. The topological polar surface area (TPSA) is 53.1 Å². The highest BCUT2D eigenvalue weighted by atomic mass is 31.2. The molecule has 1 atom stereocenters. The summed E-state index contributed by atoms with van der Waals surface area (Å²) in [6.45, 7) is 4.12. The van der Waals surface area contributed by atoms with Crippen LogP contribution in [0.2, 0.25) is 0 Å². The van der Waals surface area contributed by atoms with Gasteiger partial charge in [-0.3, -0.25) is 9.36 Å². The zero-order chi connectivity index (χ0) is 19.2. The summed E-state index contributed by atoms with van der Waals surface area (Å²) in [4.78, 5) is 15.3. The Bertz CT molecular complexity index is 921. The number of benzene rings is 2. The van der Waals surface area contributed by atoms with Gasteiger partial charge in [0.05, 0.1) is 29.8 Å². The van der Waals surface area contributed by atoms with Crippen molar-refractivity contribution in [2.45, 2.75) is 6.92 Å². The Balaban J connectivity index is 1.89. The van der Waals surface area contributed by atoms with E-state index < -0.39 is 7.44 Å². The van der Waals surface area contributed by atoms with Crippen LogP contribution in [0, 0.1) is 6.92 Å². The number of fused-ring (bicyclic) bond motifs is 1. The number of nitrogens with zero attached hydrogens (tertiary/aromatic N) is 3. The molecule has 0 aromatic heterocycles. The fraction of sp³-hybridized carbons (Fsp3) is 0.350. The fourth-order valence-corrected chi connectivity index (χ4v) is 6.66. The Labute approximate surface area is 159 Å². The molecule has 0 N–H and O–H groups in total. The first-order chi connectivity index (χ1) is 12.9. The number of aryl methyl sites for hydroxylation is 1.